The van der Waals surface area contributed by atoms with E-state index >= 15 is 0 Å². The zero-order valence-corrected chi connectivity index (χ0v) is 16.4. The summed E-state index contributed by atoms with van der Waals surface area (Å²) < 4.78 is 24.7. The standard InChI is InChI=1S/C21H25FN2O4/c1-21(2,3)28-20(26)24-17-7-15(8-18(24)12-27-11-17)19(25)9-14-6-16(22)5-4-13(14)10-23/h4-6,15,17-18H,7-9,11-12H2,1-3H3. The number of piperidine rings is 1. The first-order valence-electron chi connectivity index (χ1n) is 9.48. The van der Waals surface area contributed by atoms with E-state index < -0.39 is 11.4 Å². The molecule has 1 amide bonds. The molecule has 7 heteroatoms. The molecule has 2 unspecified atom stereocenters. The number of fused-ring (bicyclic) bond motifs is 2. The van der Waals surface area contributed by atoms with Crippen molar-refractivity contribution in [2.45, 2.75) is 57.7 Å². The smallest absolute Gasteiger partial charge is 0.410 e. The first-order chi connectivity index (χ1) is 13.2. The molecule has 2 fully saturated rings. The molecule has 0 spiro atoms. The van der Waals surface area contributed by atoms with Crippen LogP contribution in [0.3, 0.4) is 0 Å². The van der Waals surface area contributed by atoms with Crippen LogP contribution in [0.4, 0.5) is 9.18 Å². The van der Waals surface area contributed by atoms with E-state index in [2.05, 4.69) is 0 Å². The average Bonchev–Trinajstić information content (AvgIpc) is 2.59. The van der Waals surface area contributed by atoms with Crippen LogP contribution < -0.4 is 0 Å². The zero-order valence-electron chi connectivity index (χ0n) is 16.4. The van der Waals surface area contributed by atoms with Gasteiger partial charge in [-0.25, -0.2) is 9.18 Å². The third kappa shape index (κ3) is 4.50. The van der Waals surface area contributed by atoms with Crippen molar-refractivity contribution in [1.29, 1.82) is 5.26 Å². The van der Waals surface area contributed by atoms with Crippen LogP contribution >= 0.6 is 0 Å². The van der Waals surface area contributed by atoms with E-state index in [1.54, 1.807) is 4.90 Å². The summed E-state index contributed by atoms with van der Waals surface area (Å²) in [6.07, 6.45) is 0.587. The van der Waals surface area contributed by atoms with Crippen molar-refractivity contribution in [2.24, 2.45) is 5.92 Å². The summed E-state index contributed by atoms with van der Waals surface area (Å²) in [5, 5.41) is 9.19. The van der Waals surface area contributed by atoms with E-state index in [0.717, 1.165) is 0 Å². The van der Waals surface area contributed by atoms with Crippen molar-refractivity contribution in [3.8, 4) is 6.07 Å². The molecule has 150 valence electrons. The molecule has 1 aromatic rings. The maximum absolute atomic E-state index is 13.5. The Morgan fingerprint density at radius 2 is 1.93 bits per heavy atom. The fourth-order valence-electron chi connectivity index (χ4n) is 3.94. The highest BCUT2D eigenvalue weighted by Gasteiger charge is 2.45. The molecule has 2 bridgehead atoms. The third-order valence-electron chi connectivity index (χ3n) is 5.13. The van der Waals surface area contributed by atoms with Crippen molar-refractivity contribution in [2.75, 3.05) is 13.2 Å². The van der Waals surface area contributed by atoms with Crippen molar-refractivity contribution in [3.05, 3.63) is 35.1 Å². The van der Waals surface area contributed by atoms with Gasteiger partial charge in [-0.2, -0.15) is 5.26 Å². The quantitative estimate of drug-likeness (QED) is 0.794. The van der Waals surface area contributed by atoms with Crippen molar-refractivity contribution >= 4 is 11.9 Å². The van der Waals surface area contributed by atoms with E-state index in [1.165, 1.54) is 18.2 Å². The first kappa shape index (κ1) is 20.3. The number of ketones is 1. The molecule has 1 aromatic carbocycles. The number of benzene rings is 1. The lowest BCUT2D eigenvalue weighted by Gasteiger charge is -2.47. The number of hydrogen-bond donors (Lipinski definition) is 0. The summed E-state index contributed by atoms with van der Waals surface area (Å²) >= 11 is 0. The van der Waals surface area contributed by atoms with Crippen LogP contribution in [0.15, 0.2) is 18.2 Å². The second kappa shape index (κ2) is 7.88. The highest BCUT2D eigenvalue weighted by Crippen LogP contribution is 2.34. The minimum Gasteiger partial charge on any atom is -0.444 e. The lowest BCUT2D eigenvalue weighted by molar-refractivity contribution is -0.131. The first-order valence-corrected chi connectivity index (χ1v) is 9.48. The molecule has 0 saturated carbocycles. The average molecular weight is 388 g/mol. The highest BCUT2D eigenvalue weighted by atomic mass is 19.1. The van der Waals surface area contributed by atoms with Crippen LogP contribution in [-0.4, -0.2) is 47.7 Å². The summed E-state index contributed by atoms with van der Waals surface area (Å²) in [4.78, 5) is 27.2. The molecule has 2 aliphatic rings. The number of Topliss-reactive ketones (excluding diaryl/α,β-unsaturated/α-hetero) is 1. The van der Waals surface area contributed by atoms with Gasteiger partial charge in [0.2, 0.25) is 0 Å². The summed E-state index contributed by atoms with van der Waals surface area (Å²) in [7, 11) is 0. The van der Waals surface area contributed by atoms with Gasteiger partial charge in [0.1, 0.15) is 17.2 Å². The van der Waals surface area contributed by atoms with E-state index in [0.29, 0.717) is 37.2 Å². The number of nitrogens with zero attached hydrogens (tertiary/aromatic N) is 2. The molecular formula is C21H25FN2O4. The van der Waals surface area contributed by atoms with Crippen LogP contribution in [0.25, 0.3) is 0 Å². The lowest BCUT2D eigenvalue weighted by atomic mass is 9.81. The predicted octanol–water partition coefficient (Wildman–Crippen LogP) is 3.22. The van der Waals surface area contributed by atoms with Gasteiger partial charge in [-0.05, 0) is 57.4 Å². The Balaban J connectivity index is 1.72. The van der Waals surface area contributed by atoms with Crippen LogP contribution in [0.2, 0.25) is 0 Å². The predicted molar refractivity (Wildman–Crippen MR) is 99.0 cm³/mol. The monoisotopic (exact) mass is 388 g/mol. The topological polar surface area (TPSA) is 79.6 Å². The Morgan fingerprint density at radius 1 is 1.29 bits per heavy atom. The Hall–Kier alpha value is -2.46. The number of carbonyl (C=O) groups excluding carboxylic acids is 2. The summed E-state index contributed by atoms with van der Waals surface area (Å²) in [6.45, 7) is 6.18. The van der Waals surface area contributed by atoms with Crippen molar-refractivity contribution in [1.82, 2.24) is 4.90 Å². The Labute approximate surface area is 164 Å². The van der Waals surface area contributed by atoms with Gasteiger partial charge in [-0.1, -0.05) is 0 Å². The highest BCUT2D eigenvalue weighted by molar-refractivity contribution is 5.84. The second-order valence-corrected chi connectivity index (χ2v) is 8.46. The molecule has 28 heavy (non-hydrogen) atoms. The maximum atomic E-state index is 13.5. The van der Waals surface area contributed by atoms with Crippen molar-refractivity contribution < 1.29 is 23.5 Å². The van der Waals surface area contributed by atoms with Gasteiger partial charge in [0.15, 0.2) is 0 Å². The molecule has 6 nitrogen and oxygen atoms in total. The molecule has 0 N–H and O–H groups in total. The number of halogens is 1. The van der Waals surface area contributed by atoms with Crippen LogP contribution in [0.1, 0.15) is 44.7 Å². The van der Waals surface area contributed by atoms with Gasteiger partial charge in [0, 0.05) is 12.3 Å². The van der Waals surface area contributed by atoms with E-state index in [-0.39, 0.29) is 36.3 Å². The Kier molecular flexibility index (Phi) is 5.71. The fourth-order valence-corrected chi connectivity index (χ4v) is 3.94. The number of hydrogen-bond acceptors (Lipinski definition) is 5. The normalized spacial score (nSPS) is 24.4. The van der Waals surface area contributed by atoms with Gasteiger partial charge in [0.25, 0.3) is 0 Å². The molecule has 0 aromatic heterocycles. The van der Waals surface area contributed by atoms with Crippen LogP contribution in [0.5, 0.6) is 0 Å². The van der Waals surface area contributed by atoms with Gasteiger partial charge in [0.05, 0.1) is 36.9 Å². The number of ether oxygens (including phenoxy) is 2. The number of morpholine rings is 1. The lowest BCUT2D eigenvalue weighted by Crippen LogP contribution is -2.60. The molecule has 0 aliphatic carbocycles. The second-order valence-electron chi connectivity index (χ2n) is 8.46. The van der Waals surface area contributed by atoms with Gasteiger partial charge >= 0.3 is 6.09 Å². The number of rotatable bonds is 3. The molecule has 2 aliphatic heterocycles. The summed E-state index contributed by atoms with van der Waals surface area (Å²) in [6, 6.07) is 5.42. The molecule has 2 atom stereocenters. The maximum Gasteiger partial charge on any atom is 0.410 e. The summed E-state index contributed by atoms with van der Waals surface area (Å²) in [5.74, 6) is -0.762. The Morgan fingerprint density at radius 3 is 2.50 bits per heavy atom. The third-order valence-corrected chi connectivity index (χ3v) is 5.13. The van der Waals surface area contributed by atoms with Gasteiger partial charge in [-0.15, -0.1) is 0 Å². The minimum atomic E-state index is -0.593. The zero-order chi connectivity index (χ0) is 20.5. The van der Waals surface area contributed by atoms with E-state index in [1.807, 2.05) is 26.8 Å². The number of carbonyl (C=O) groups is 2. The number of amides is 1. The molecule has 2 saturated heterocycles. The molecule has 0 radical (unpaired) electrons. The minimum absolute atomic E-state index is 0.0120. The van der Waals surface area contributed by atoms with Gasteiger partial charge in [-0.3, -0.25) is 9.69 Å². The van der Waals surface area contributed by atoms with Crippen molar-refractivity contribution in [3.63, 3.8) is 0 Å². The van der Waals surface area contributed by atoms with Crippen LogP contribution in [0, 0.1) is 23.1 Å². The molecular weight excluding hydrogens is 363 g/mol. The largest absolute Gasteiger partial charge is 0.444 e. The van der Waals surface area contributed by atoms with Gasteiger partial charge < -0.3 is 9.47 Å². The summed E-state index contributed by atoms with van der Waals surface area (Å²) in [5.41, 5.74) is 0.122. The SMILES string of the molecule is CC(C)(C)OC(=O)N1C2COCC1CC(C(=O)Cc1cc(F)ccc1C#N)C2. The van der Waals surface area contributed by atoms with E-state index in [9.17, 15) is 19.2 Å². The van der Waals surface area contributed by atoms with E-state index in [4.69, 9.17) is 9.47 Å². The van der Waals surface area contributed by atoms with Crippen LogP contribution in [-0.2, 0) is 20.7 Å². The molecule has 3 rings (SSSR count). The molecule has 2 heterocycles. The Bertz CT molecular complexity index is 798. The fraction of sp³-hybridized carbons (Fsp3) is 0.571. The number of nitriles is 1.